The van der Waals surface area contributed by atoms with Crippen LogP contribution in [0.3, 0.4) is 0 Å². The molecule has 0 bridgehead atoms. The Kier molecular flexibility index (Phi) is 8.60. The van der Waals surface area contributed by atoms with Crippen LogP contribution in [0.4, 0.5) is 5.13 Å². The number of aromatic nitrogens is 2. The van der Waals surface area contributed by atoms with Crippen LogP contribution in [0.25, 0.3) is 0 Å². The highest BCUT2D eigenvalue weighted by atomic mass is 32.2. The Morgan fingerprint density at radius 2 is 2.00 bits per heavy atom. The Bertz CT molecular complexity index is 588. The van der Waals surface area contributed by atoms with E-state index in [0.29, 0.717) is 31.2 Å². The molecule has 1 fully saturated rings. The van der Waals surface area contributed by atoms with Crippen LogP contribution >= 0.6 is 23.1 Å². The Labute approximate surface area is 162 Å². The predicted octanol–water partition coefficient (Wildman–Crippen LogP) is 1.09. The molecular weight excluding hydrogens is 374 g/mol. The van der Waals surface area contributed by atoms with Crippen molar-refractivity contribution in [2.75, 3.05) is 57.1 Å². The lowest BCUT2D eigenvalue weighted by molar-refractivity contribution is -0.132. The van der Waals surface area contributed by atoms with E-state index in [2.05, 4.69) is 34.3 Å². The summed E-state index contributed by atoms with van der Waals surface area (Å²) in [5.41, 5.74) is 0. The number of ether oxygens (including phenoxy) is 1. The lowest BCUT2D eigenvalue weighted by atomic mass is 10.1. The SMILES string of the molecule is COCCNC(=O)CSc1nnc(N2CCN(C(=O)CC(C)C)CC2)s1. The number of thioether (sulfide) groups is 1. The van der Waals surface area contributed by atoms with Crippen LogP contribution < -0.4 is 10.2 Å². The van der Waals surface area contributed by atoms with E-state index < -0.39 is 0 Å². The molecule has 8 nitrogen and oxygen atoms in total. The topological polar surface area (TPSA) is 87.7 Å². The first-order valence-corrected chi connectivity index (χ1v) is 10.5. The average Bonchev–Trinajstić information content (AvgIpc) is 3.09. The molecule has 146 valence electrons. The maximum atomic E-state index is 12.1. The van der Waals surface area contributed by atoms with Crippen LogP contribution in [0.15, 0.2) is 4.34 Å². The van der Waals surface area contributed by atoms with E-state index in [4.69, 9.17) is 4.74 Å². The zero-order chi connectivity index (χ0) is 18.9. The van der Waals surface area contributed by atoms with Crippen LogP contribution in [0.1, 0.15) is 20.3 Å². The molecule has 10 heteroatoms. The van der Waals surface area contributed by atoms with Gasteiger partial charge in [0.1, 0.15) is 0 Å². The van der Waals surface area contributed by atoms with Gasteiger partial charge in [-0.1, -0.05) is 36.9 Å². The predicted molar refractivity (Wildman–Crippen MR) is 104 cm³/mol. The van der Waals surface area contributed by atoms with E-state index in [1.807, 2.05) is 4.90 Å². The highest BCUT2D eigenvalue weighted by Gasteiger charge is 2.23. The second kappa shape index (κ2) is 10.7. The Morgan fingerprint density at radius 1 is 1.27 bits per heavy atom. The molecule has 0 aromatic carbocycles. The van der Waals surface area contributed by atoms with E-state index in [9.17, 15) is 9.59 Å². The summed E-state index contributed by atoms with van der Waals surface area (Å²) in [7, 11) is 1.60. The molecule has 2 heterocycles. The molecular formula is C16H27N5O3S2. The van der Waals surface area contributed by atoms with Crippen LogP contribution in [0, 0.1) is 5.92 Å². The van der Waals surface area contributed by atoms with Crippen molar-refractivity contribution < 1.29 is 14.3 Å². The smallest absolute Gasteiger partial charge is 0.230 e. The largest absolute Gasteiger partial charge is 0.383 e. The van der Waals surface area contributed by atoms with E-state index in [1.165, 1.54) is 23.1 Å². The van der Waals surface area contributed by atoms with Crippen molar-refractivity contribution in [3.63, 3.8) is 0 Å². The van der Waals surface area contributed by atoms with Gasteiger partial charge in [-0.2, -0.15) is 0 Å². The quantitative estimate of drug-likeness (QED) is 0.489. The highest BCUT2D eigenvalue weighted by Crippen LogP contribution is 2.28. The maximum Gasteiger partial charge on any atom is 0.230 e. The molecule has 0 unspecified atom stereocenters. The first kappa shape index (κ1) is 20.9. The van der Waals surface area contributed by atoms with E-state index >= 15 is 0 Å². The van der Waals surface area contributed by atoms with Gasteiger partial charge in [0, 0.05) is 46.3 Å². The summed E-state index contributed by atoms with van der Waals surface area (Å²) in [4.78, 5) is 27.9. The number of anilines is 1. The van der Waals surface area contributed by atoms with Crippen LogP contribution in [-0.2, 0) is 14.3 Å². The normalized spacial score (nSPS) is 14.8. The summed E-state index contributed by atoms with van der Waals surface area (Å²) >= 11 is 2.87. The Balaban J connectivity index is 1.74. The number of nitrogens with zero attached hydrogens (tertiary/aromatic N) is 4. The fraction of sp³-hybridized carbons (Fsp3) is 0.750. The van der Waals surface area contributed by atoms with Crippen LogP contribution in [0.5, 0.6) is 0 Å². The molecule has 0 saturated carbocycles. The lowest BCUT2D eigenvalue weighted by Gasteiger charge is -2.34. The first-order valence-electron chi connectivity index (χ1n) is 8.74. The van der Waals surface area contributed by atoms with Crippen molar-refractivity contribution in [3.8, 4) is 0 Å². The average molecular weight is 402 g/mol. The number of methoxy groups -OCH3 is 1. The summed E-state index contributed by atoms with van der Waals surface area (Å²) in [6.07, 6.45) is 0.603. The number of carbonyl (C=O) groups excluding carboxylic acids is 2. The highest BCUT2D eigenvalue weighted by molar-refractivity contribution is 8.01. The molecule has 1 aliphatic rings. The van der Waals surface area contributed by atoms with E-state index in [-0.39, 0.29) is 11.8 Å². The van der Waals surface area contributed by atoms with Gasteiger partial charge >= 0.3 is 0 Å². The minimum atomic E-state index is -0.0407. The number of hydrogen-bond donors (Lipinski definition) is 1. The molecule has 26 heavy (non-hydrogen) atoms. The summed E-state index contributed by atoms with van der Waals surface area (Å²) in [6, 6.07) is 0. The third-order valence-corrected chi connectivity index (χ3v) is 5.95. The number of amides is 2. The summed E-state index contributed by atoms with van der Waals surface area (Å²) in [6.45, 7) is 8.10. The molecule has 0 radical (unpaired) electrons. The van der Waals surface area contributed by atoms with Gasteiger partial charge in [-0.25, -0.2) is 0 Å². The number of piperazine rings is 1. The van der Waals surface area contributed by atoms with Gasteiger partial charge in [0.25, 0.3) is 0 Å². The fourth-order valence-electron chi connectivity index (χ4n) is 2.48. The van der Waals surface area contributed by atoms with Crippen molar-refractivity contribution in [2.45, 2.75) is 24.6 Å². The number of rotatable bonds is 9. The minimum Gasteiger partial charge on any atom is -0.383 e. The van der Waals surface area contributed by atoms with Gasteiger partial charge in [0.05, 0.1) is 12.4 Å². The van der Waals surface area contributed by atoms with Gasteiger partial charge in [-0.3, -0.25) is 9.59 Å². The first-order chi connectivity index (χ1) is 12.5. The Hall–Kier alpha value is -1.39. The van der Waals surface area contributed by atoms with Gasteiger partial charge in [0.15, 0.2) is 4.34 Å². The molecule has 0 aliphatic carbocycles. The molecule has 1 aromatic rings. The molecule has 0 atom stereocenters. The minimum absolute atomic E-state index is 0.0407. The second-order valence-electron chi connectivity index (χ2n) is 6.45. The van der Waals surface area contributed by atoms with Gasteiger partial charge in [0.2, 0.25) is 16.9 Å². The molecule has 1 aliphatic heterocycles. The van der Waals surface area contributed by atoms with Crippen LogP contribution in [-0.4, -0.2) is 79.1 Å². The van der Waals surface area contributed by atoms with Crippen molar-refractivity contribution in [3.05, 3.63) is 0 Å². The van der Waals surface area contributed by atoms with Gasteiger partial charge < -0.3 is 19.9 Å². The second-order valence-corrected chi connectivity index (χ2v) is 8.63. The molecule has 2 amide bonds. The van der Waals surface area contributed by atoms with Crippen molar-refractivity contribution in [1.82, 2.24) is 20.4 Å². The molecule has 1 N–H and O–H groups in total. The lowest BCUT2D eigenvalue weighted by Crippen LogP contribution is -2.49. The summed E-state index contributed by atoms with van der Waals surface area (Å²) in [5, 5.41) is 12.0. The van der Waals surface area contributed by atoms with E-state index in [0.717, 1.165) is 35.7 Å². The van der Waals surface area contributed by atoms with Gasteiger partial charge in [-0.15, -0.1) is 10.2 Å². The zero-order valence-electron chi connectivity index (χ0n) is 15.6. The number of carbonyl (C=O) groups is 2. The molecule has 1 saturated heterocycles. The monoisotopic (exact) mass is 401 g/mol. The van der Waals surface area contributed by atoms with Crippen molar-refractivity contribution in [2.24, 2.45) is 5.92 Å². The Morgan fingerprint density at radius 3 is 2.65 bits per heavy atom. The van der Waals surface area contributed by atoms with Crippen molar-refractivity contribution >= 4 is 40.0 Å². The van der Waals surface area contributed by atoms with Crippen LogP contribution in [0.2, 0.25) is 0 Å². The zero-order valence-corrected chi connectivity index (χ0v) is 17.2. The molecule has 2 rings (SSSR count). The number of nitrogens with one attached hydrogen (secondary N) is 1. The maximum absolute atomic E-state index is 12.1. The molecule has 0 spiro atoms. The van der Waals surface area contributed by atoms with E-state index in [1.54, 1.807) is 7.11 Å². The summed E-state index contributed by atoms with van der Waals surface area (Å²) < 4.78 is 5.67. The molecule has 1 aromatic heterocycles. The standard InChI is InChI=1S/C16H27N5O3S2/c1-12(2)10-14(23)20-5-7-21(8-6-20)15-18-19-16(26-15)25-11-13(22)17-4-9-24-3/h12H,4-11H2,1-3H3,(H,17,22). The van der Waals surface area contributed by atoms with Gasteiger partial charge in [-0.05, 0) is 5.92 Å². The summed E-state index contributed by atoms with van der Waals surface area (Å²) in [5.74, 6) is 0.888. The number of hydrogen-bond acceptors (Lipinski definition) is 8. The van der Waals surface area contributed by atoms with Crippen molar-refractivity contribution in [1.29, 1.82) is 0 Å². The fourth-order valence-corrected chi connectivity index (χ4v) is 4.21. The third kappa shape index (κ3) is 6.73. The third-order valence-electron chi connectivity index (χ3n) is 3.84.